The molecule has 0 saturated carbocycles. The minimum Gasteiger partial charge on any atom is -0.374 e. The Balaban J connectivity index is 2.42. The van der Waals surface area contributed by atoms with Gasteiger partial charge in [0, 0.05) is 19.1 Å². The molecule has 0 amide bonds. The zero-order chi connectivity index (χ0) is 14.0. The molecule has 1 aromatic rings. The lowest BCUT2D eigenvalue weighted by atomic mass is 9.96. The van der Waals surface area contributed by atoms with Crippen LogP contribution in [0, 0.1) is 0 Å². The molecular formula is C14H20Cl2N2O. The number of benzene rings is 1. The number of rotatable bonds is 3. The highest BCUT2D eigenvalue weighted by Crippen LogP contribution is 2.37. The zero-order valence-electron chi connectivity index (χ0n) is 11.3. The van der Waals surface area contributed by atoms with Gasteiger partial charge in [0.1, 0.15) is 0 Å². The van der Waals surface area contributed by atoms with E-state index in [1.54, 1.807) is 6.07 Å². The minimum absolute atomic E-state index is 0.0490. The Kier molecular flexibility index (Phi) is 5.09. The molecule has 2 rings (SSSR count). The van der Waals surface area contributed by atoms with Gasteiger partial charge in [0.05, 0.1) is 28.8 Å². The minimum atomic E-state index is -0.0490. The monoisotopic (exact) mass is 302 g/mol. The summed E-state index contributed by atoms with van der Waals surface area (Å²) in [7, 11) is 0. The lowest BCUT2D eigenvalue weighted by molar-refractivity contribution is -0.0789. The maximum absolute atomic E-state index is 6.36. The van der Waals surface area contributed by atoms with Crippen molar-refractivity contribution in [2.75, 3.05) is 19.7 Å². The number of hydrogen-bond donors (Lipinski definition) is 1. The lowest BCUT2D eigenvalue weighted by Crippen LogP contribution is -2.50. The summed E-state index contributed by atoms with van der Waals surface area (Å²) < 4.78 is 5.80. The second kappa shape index (κ2) is 6.42. The third-order valence-electron chi connectivity index (χ3n) is 3.59. The fourth-order valence-electron chi connectivity index (χ4n) is 2.66. The van der Waals surface area contributed by atoms with Gasteiger partial charge in [-0.15, -0.1) is 0 Å². The molecule has 1 aromatic carbocycles. The van der Waals surface area contributed by atoms with Crippen LogP contribution in [0.4, 0.5) is 0 Å². The number of morpholine rings is 1. The third-order valence-corrected chi connectivity index (χ3v) is 4.42. The summed E-state index contributed by atoms with van der Waals surface area (Å²) >= 11 is 12.5. The molecule has 0 aliphatic carbocycles. The van der Waals surface area contributed by atoms with Gasteiger partial charge in [-0.05, 0) is 25.5 Å². The van der Waals surface area contributed by atoms with Gasteiger partial charge < -0.3 is 10.5 Å². The van der Waals surface area contributed by atoms with Crippen LogP contribution in [0.25, 0.3) is 0 Å². The molecule has 5 heteroatoms. The molecule has 2 N–H and O–H groups in total. The van der Waals surface area contributed by atoms with Crippen LogP contribution >= 0.6 is 23.2 Å². The predicted molar refractivity (Wildman–Crippen MR) is 79.8 cm³/mol. The number of nitrogens with zero attached hydrogens (tertiary/aromatic N) is 1. The Hall–Kier alpha value is -0.320. The molecular weight excluding hydrogens is 283 g/mol. The molecule has 3 nitrogen and oxygen atoms in total. The summed E-state index contributed by atoms with van der Waals surface area (Å²) in [5.41, 5.74) is 6.85. The summed E-state index contributed by atoms with van der Waals surface area (Å²) in [6, 6.07) is 6.19. The molecule has 0 bridgehead atoms. The standard InChI is InChI=1S/C14H20Cl2N2O/c1-9(2)18-6-7-19-12(8-17)14(18)10-4-3-5-11(15)13(10)16/h3-5,9,12,14H,6-8,17H2,1-2H3. The van der Waals surface area contributed by atoms with Crippen molar-refractivity contribution in [2.45, 2.75) is 32.0 Å². The van der Waals surface area contributed by atoms with Crippen LogP contribution in [0.15, 0.2) is 18.2 Å². The normalized spacial score (nSPS) is 24.9. The second-order valence-corrected chi connectivity index (χ2v) is 5.85. The number of hydrogen-bond acceptors (Lipinski definition) is 3. The van der Waals surface area contributed by atoms with Crippen molar-refractivity contribution in [3.63, 3.8) is 0 Å². The lowest BCUT2D eigenvalue weighted by Gasteiger charge is -2.43. The highest BCUT2D eigenvalue weighted by atomic mass is 35.5. The summed E-state index contributed by atoms with van der Waals surface area (Å²) in [5, 5.41) is 1.17. The topological polar surface area (TPSA) is 38.5 Å². The van der Waals surface area contributed by atoms with Crippen LogP contribution in [-0.4, -0.2) is 36.7 Å². The van der Waals surface area contributed by atoms with Crippen molar-refractivity contribution in [3.8, 4) is 0 Å². The van der Waals surface area contributed by atoms with E-state index in [9.17, 15) is 0 Å². The van der Waals surface area contributed by atoms with E-state index in [1.807, 2.05) is 12.1 Å². The van der Waals surface area contributed by atoms with E-state index >= 15 is 0 Å². The molecule has 1 aliphatic rings. The number of halogens is 2. The molecule has 19 heavy (non-hydrogen) atoms. The molecule has 0 spiro atoms. The van der Waals surface area contributed by atoms with E-state index in [0.717, 1.165) is 12.1 Å². The molecule has 0 radical (unpaired) electrons. The van der Waals surface area contributed by atoms with Gasteiger partial charge in [0.15, 0.2) is 0 Å². The molecule has 1 heterocycles. The second-order valence-electron chi connectivity index (χ2n) is 5.06. The van der Waals surface area contributed by atoms with Crippen LogP contribution in [0.1, 0.15) is 25.5 Å². The quantitative estimate of drug-likeness (QED) is 0.932. The van der Waals surface area contributed by atoms with Crippen LogP contribution in [0.5, 0.6) is 0 Å². The maximum Gasteiger partial charge on any atom is 0.0894 e. The predicted octanol–water partition coefficient (Wildman–Crippen LogP) is 3.10. The molecule has 1 saturated heterocycles. The van der Waals surface area contributed by atoms with Gasteiger partial charge in [0.2, 0.25) is 0 Å². The van der Waals surface area contributed by atoms with Gasteiger partial charge >= 0.3 is 0 Å². The van der Waals surface area contributed by atoms with Crippen molar-refractivity contribution in [2.24, 2.45) is 5.73 Å². The van der Waals surface area contributed by atoms with Gasteiger partial charge in [-0.1, -0.05) is 35.3 Å². The number of ether oxygens (including phenoxy) is 1. The Labute approximate surface area is 124 Å². The van der Waals surface area contributed by atoms with Crippen molar-refractivity contribution >= 4 is 23.2 Å². The molecule has 1 fully saturated rings. The average Bonchev–Trinajstić information content (AvgIpc) is 2.41. The first-order valence-corrected chi connectivity index (χ1v) is 7.33. The number of nitrogens with two attached hydrogens (primary N) is 1. The van der Waals surface area contributed by atoms with E-state index in [2.05, 4.69) is 18.7 Å². The average molecular weight is 303 g/mol. The Bertz CT molecular complexity index is 439. The van der Waals surface area contributed by atoms with E-state index in [-0.39, 0.29) is 12.1 Å². The smallest absolute Gasteiger partial charge is 0.0894 e. The molecule has 2 unspecified atom stereocenters. The SMILES string of the molecule is CC(C)N1CCOC(CN)C1c1cccc(Cl)c1Cl. The highest BCUT2D eigenvalue weighted by molar-refractivity contribution is 6.42. The maximum atomic E-state index is 6.36. The first kappa shape index (κ1) is 15.1. The van der Waals surface area contributed by atoms with Crippen LogP contribution in [-0.2, 0) is 4.74 Å². The Morgan fingerprint density at radius 2 is 2.16 bits per heavy atom. The Morgan fingerprint density at radius 1 is 1.42 bits per heavy atom. The van der Waals surface area contributed by atoms with Crippen LogP contribution in [0.3, 0.4) is 0 Å². The summed E-state index contributed by atoms with van der Waals surface area (Å²) in [5.74, 6) is 0. The molecule has 106 valence electrons. The van der Waals surface area contributed by atoms with E-state index in [4.69, 9.17) is 33.7 Å². The summed E-state index contributed by atoms with van der Waals surface area (Å²) in [4.78, 5) is 2.37. The van der Waals surface area contributed by atoms with E-state index < -0.39 is 0 Å². The zero-order valence-corrected chi connectivity index (χ0v) is 12.8. The van der Waals surface area contributed by atoms with Crippen molar-refractivity contribution < 1.29 is 4.74 Å². The largest absolute Gasteiger partial charge is 0.374 e. The van der Waals surface area contributed by atoms with Crippen LogP contribution < -0.4 is 5.73 Å². The summed E-state index contributed by atoms with van der Waals surface area (Å²) in [6.07, 6.45) is -0.0490. The molecule has 1 aliphatic heterocycles. The summed E-state index contributed by atoms with van der Waals surface area (Å²) in [6.45, 7) is 6.39. The Morgan fingerprint density at radius 3 is 2.79 bits per heavy atom. The van der Waals surface area contributed by atoms with Crippen molar-refractivity contribution in [1.29, 1.82) is 0 Å². The first-order valence-electron chi connectivity index (χ1n) is 6.57. The van der Waals surface area contributed by atoms with Gasteiger partial charge in [-0.3, -0.25) is 4.90 Å². The fourth-order valence-corrected chi connectivity index (χ4v) is 3.08. The van der Waals surface area contributed by atoms with Gasteiger partial charge in [0.25, 0.3) is 0 Å². The molecule has 0 aromatic heterocycles. The van der Waals surface area contributed by atoms with Crippen molar-refractivity contribution in [3.05, 3.63) is 33.8 Å². The van der Waals surface area contributed by atoms with Crippen molar-refractivity contribution in [1.82, 2.24) is 4.90 Å². The molecule has 2 atom stereocenters. The first-order chi connectivity index (χ1) is 9.06. The van der Waals surface area contributed by atoms with Crippen LogP contribution in [0.2, 0.25) is 10.0 Å². The fraction of sp³-hybridized carbons (Fsp3) is 0.571. The van der Waals surface area contributed by atoms with E-state index in [0.29, 0.717) is 29.2 Å². The third kappa shape index (κ3) is 3.06. The van der Waals surface area contributed by atoms with E-state index in [1.165, 1.54) is 0 Å². The highest BCUT2D eigenvalue weighted by Gasteiger charge is 2.35. The van der Waals surface area contributed by atoms with Gasteiger partial charge in [-0.25, -0.2) is 0 Å². The van der Waals surface area contributed by atoms with Gasteiger partial charge in [-0.2, -0.15) is 0 Å².